The first-order valence-electron chi connectivity index (χ1n) is 6.94. The van der Waals surface area contributed by atoms with Crippen molar-refractivity contribution in [3.8, 4) is 16.9 Å². The number of aliphatic hydroxyl groups excluding tert-OH is 1. The van der Waals surface area contributed by atoms with Crippen LogP contribution < -0.4 is 4.74 Å². The lowest BCUT2D eigenvalue weighted by molar-refractivity contribution is 0.281. The van der Waals surface area contributed by atoms with Gasteiger partial charge >= 0.3 is 0 Å². The van der Waals surface area contributed by atoms with Gasteiger partial charge in [-0.3, -0.25) is 4.68 Å². The van der Waals surface area contributed by atoms with Gasteiger partial charge < -0.3 is 9.84 Å². The largest absolute Gasteiger partial charge is 0.497 e. The third kappa shape index (κ3) is 2.56. The normalized spacial score (nSPS) is 10.8. The van der Waals surface area contributed by atoms with Crippen LogP contribution in [0.5, 0.6) is 5.75 Å². The van der Waals surface area contributed by atoms with Crippen LogP contribution in [-0.2, 0) is 13.2 Å². The highest BCUT2D eigenvalue weighted by molar-refractivity contribution is 5.72. The Balaban J connectivity index is 2.56. The zero-order chi connectivity index (χ0) is 14.7. The molecule has 0 spiro atoms. The van der Waals surface area contributed by atoms with Crippen LogP contribution in [0.2, 0.25) is 0 Å². The molecule has 4 nitrogen and oxygen atoms in total. The summed E-state index contributed by atoms with van der Waals surface area (Å²) in [5.41, 5.74) is 5.16. The third-order valence-electron chi connectivity index (χ3n) is 3.57. The number of aliphatic hydroxyl groups is 1. The molecule has 0 amide bonds. The molecule has 0 aliphatic heterocycles. The summed E-state index contributed by atoms with van der Waals surface area (Å²) >= 11 is 0. The zero-order valence-electron chi connectivity index (χ0n) is 12.6. The van der Waals surface area contributed by atoms with Gasteiger partial charge in [0, 0.05) is 17.8 Å². The van der Waals surface area contributed by atoms with Crippen LogP contribution in [0.4, 0.5) is 0 Å². The quantitative estimate of drug-likeness (QED) is 0.911. The smallest absolute Gasteiger partial charge is 0.119 e. The average molecular weight is 274 g/mol. The van der Waals surface area contributed by atoms with Crippen molar-refractivity contribution in [2.24, 2.45) is 0 Å². The lowest BCUT2D eigenvalue weighted by Gasteiger charge is -2.10. The molecule has 1 N–H and O–H groups in total. The van der Waals surface area contributed by atoms with Crippen LogP contribution in [0.3, 0.4) is 0 Å². The number of benzene rings is 1. The number of hydrogen-bond acceptors (Lipinski definition) is 3. The van der Waals surface area contributed by atoms with E-state index in [1.54, 1.807) is 7.11 Å². The molecular weight excluding hydrogens is 252 g/mol. The van der Waals surface area contributed by atoms with Crippen molar-refractivity contribution in [2.45, 2.75) is 40.3 Å². The molecule has 0 bridgehead atoms. The van der Waals surface area contributed by atoms with Crippen molar-refractivity contribution in [2.75, 3.05) is 7.11 Å². The SMILES string of the molecule is CCCn1nc(C)c(-c2ccc(OC)cc2CO)c1C. The standard InChI is InChI=1S/C16H22N2O2/c1-5-8-18-12(3)16(11(2)17-18)15-7-6-14(20-4)9-13(15)10-19/h6-7,9,19H,5,8,10H2,1-4H3. The summed E-state index contributed by atoms with van der Waals surface area (Å²) in [7, 11) is 1.63. The van der Waals surface area contributed by atoms with Crippen LogP contribution >= 0.6 is 0 Å². The van der Waals surface area contributed by atoms with E-state index in [1.807, 2.05) is 29.8 Å². The summed E-state index contributed by atoms with van der Waals surface area (Å²) in [4.78, 5) is 0. The van der Waals surface area contributed by atoms with E-state index in [0.717, 1.165) is 46.8 Å². The molecule has 1 heterocycles. The van der Waals surface area contributed by atoms with Crippen molar-refractivity contribution < 1.29 is 9.84 Å². The maximum absolute atomic E-state index is 9.61. The second-order valence-electron chi connectivity index (χ2n) is 4.95. The molecule has 0 atom stereocenters. The Kier molecular flexibility index (Phi) is 4.45. The van der Waals surface area contributed by atoms with Crippen LogP contribution in [-0.4, -0.2) is 22.0 Å². The first kappa shape index (κ1) is 14.6. The number of aryl methyl sites for hydroxylation is 2. The van der Waals surface area contributed by atoms with E-state index in [4.69, 9.17) is 4.74 Å². The first-order valence-corrected chi connectivity index (χ1v) is 6.94. The third-order valence-corrected chi connectivity index (χ3v) is 3.57. The Morgan fingerprint density at radius 1 is 1.30 bits per heavy atom. The number of aromatic nitrogens is 2. The first-order chi connectivity index (χ1) is 9.62. The van der Waals surface area contributed by atoms with Gasteiger partial charge in [0.25, 0.3) is 0 Å². The maximum Gasteiger partial charge on any atom is 0.119 e. The molecule has 0 radical (unpaired) electrons. The zero-order valence-corrected chi connectivity index (χ0v) is 12.6. The predicted octanol–water partition coefficient (Wildman–Crippen LogP) is 3.08. The molecule has 0 saturated heterocycles. The molecule has 1 aromatic heterocycles. The molecule has 0 aliphatic carbocycles. The van der Waals surface area contributed by atoms with Crippen molar-refractivity contribution in [3.05, 3.63) is 35.2 Å². The highest BCUT2D eigenvalue weighted by Crippen LogP contribution is 2.32. The van der Waals surface area contributed by atoms with Crippen molar-refractivity contribution in [3.63, 3.8) is 0 Å². The van der Waals surface area contributed by atoms with E-state index in [9.17, 15) is 5.11 Å². The van der Waals surface area contributed by atoms with Gasteiger partial charge in [0.05, 0.1) is 19.4 Å². The monoisotopic (exact) mass is 274 g/mol. The van der Waals surface area contributed by atoms with E-state index in [2.05, 4.69) is 18.9 Å². The molecule has 0 fully saturated rings. The molecule has 1 aromatic carbocycles. The average Bonchev–Trinajstić information content (AvgIpc) is 2.73. The number of hydrogen-bond donors (Lipinski definition) is 1. The topological polar surface area (TPSA) is 47.3 Å². The minimum absolute atomic E-state index is 0.00955. The van der Waals surface area contributed by atoms with Gasteiger partial charge in [0.1, 0.15) is 5.75 Å². The number of ether oxygens (including phenoxy) is 1. The van der Waals surface area contributed by atoms with Crippen LogP contribution in [0.1, 0.15) is 30.3 Å². The Bertz CT molecular complexity index is 603. The molecular formula is C16H22N2O2. The second kappa shape index (κ2) is 6.09. The van der Waals surface area contributed by atoms with E-state index in [0.29, 0.717) is 0 Å². The summed E-state index contributed by atoms with van der Waals surface area (Å²) < 4.78 is 7.26. The number of nitrogens with zero attached hydrogens (tertiary/aromatic N) is 2. The van der Waals surface area contributed by atoms with Gasteiger partial charge in [-0.15, -0.1) is 0 Å². The minimum Gasteiger partial charge on any atom is -0.497 e. The molecule has 0 aliphatic rings. The summed E-state index contributed by atoms with van der Waals surface area (Å²) in [6.45, 7) is 7.14. The highest BCUT2D eigenvalue weighted by Gasteiger charge is 2.16. The van der Waals surface area contributed by atoms with Crippen molar-refractivity contribution in [1.82, 2.24) is 9.78 Å². The van der Waals surface area contributed by atoms with Gasteiger partial charge in [-0.05, 0) is 43.5 Å². The number of rotatable bonds is 5. The van der Waals surface area contributed by atoms with Crippen LogP contribution in [0, 0.1) is 13.8 Å². The van der Waals surface area contributed by atoms with Gasteiger partial charge in [-0.1, -0.05) is 13.0 Å². The Labute approximate surface area is 120 Å². The van der Waals surface area contributed by atoms with Crippen LogP contribution in [0.15, 0.2) is 18.2 Å². The van der Waals surface area contributed by atoms with E-state index in [-0.39, 0.29) is 6.61 Å². The van der Waals surface area contributed by atoms with Gasteiger partial charge in [0.2, 0.25) is 0 Å². The fourth-order valence-corrected chi connectivity index (χ4v) is 2.59. The van der Waals surface area contributed by atoms with E-state index >= 15 is 0 Å². The summed E-state index contributed by atoms with van der Waals surface area (Å²) in [6.07, 6.45) is 1.05. The van der Waals surface area contributed by atoms with Gasteiger partial charge in [-0.2, -0.15) is 5.10 Å². The maximum atomic E-state index is 9.61. The molecule has 108 valence electrons. The fraction of sp³-hybridized carbons (Fsp3) is 0.438. The minimum atomic E-state index is -0.00955. The lowest BCUT2D eigenvalue weighted by Crippen LogP contribution is -2.01. The summed E-state index contributed by atoms with van der Waals surface area (Å²) in [5.74, 6) is 0.758. The lowest BCUT2D eigenvalue weighted by atomic mass is 9.98. The summed E-state index contributed by atoms with van der Waals surface area (Å²) in [6, 6.07) is 5.80. The molecule has 2 rings (SSSR count). The highest BCUT2D eigenvalue weighted by atomic mass is 16.5. The van der Waals surface area contributed by atoms with E-state index < -0.39 is 0 Å². The number of methoxy groups -OCH3 is 1. The second-order valence-corrected chi connectivity index (χ2v) is 4.95. The van der Waals surface area contributed by atoms with Crippen LogP contribution in [0.25, 0.3) is 11.1 Å². The predicted molar refractivity (Wildman–Crippen MR) is 79.9 cm³/mol. The van der Waals surface area contributed by atoms with Crippen molar-refractivity contribution in [1.29, 1.82) is 0 Å². The Hall–Kier alpha value is -1.81. The van der Waals surface area contributed by atoms with Gasteiger partial charge in [0.15, 0.2) is 0 Å². The van der Waals surface area contributed by atoms with Gasteiger partial charge in [-0.25, -0.2) is 0 Å². The van der Waals surface area contributed by atoms with Crippen molar-refractivity contribution >= 4 is 0 Å². The Morgan fingerprint density at radius 2 is 2.05 bits per heavy atom. The fourth-order valence-electron chi connectivity index (χ4n) is 2.59. The van der Waals surface area contributed by atoms with E-state index in [1.165, 1.54) is 0 Å². The molecule has 0 unspecified atom stereocenters. The molecule has 0 saturated carbocycles. The molecule has 20 heavy (non-hydrogen) atoms. The molecule has 4 heteroatoms. The Morgan fingerprint density at radius 3 is 2.65 bits per heavy atom. The summed E-state index contributed by atoms with van der Waals surface area (Å²) in [5, 5.41) is 14.2. The molecule has 2 aromatic rings.